The molecule has 0 aromatic heterocycles. The zero-order valence-corrected chi connectivity index (χ0v) is 27.8. The highest BCUT2D eigenvalue weighted by Crippen LogP contribution is 2.59. The molecule has 5 aliphatic rings. The summed E-state index contributed by atoms with van der Waals surface area (Å²) in [5, 5.41) is 0. The van der Waals surface area contributed by atoms with Gasteiger partial charge in [0.25, 0.3) is 17.6 Å². The van der Waals surface area contributed by atoms with Crippen molar-refractivity contribution in [1.29, 1.82) is 0 Å². The Hall–Kier alpha value is -4.55. The number of allylic oxidation sites excluding steroid dienone is 2. The van der Waals surface area contributed by atoms with Crippen molar-refractivity contribution in [3.8, 4) is 0 Å². The fourth-order valence-electron chi connectivity index (χ4n) is 7.33. The molecule has 1 aliphatic carbocycles. The Kier molecular flexibility index (Phi) is 8.32. The molecule has 4 heterocycles. The van der Waals surface area contributed by atoms with Crippen LogP contribution in [0.25, 0.3) is 0 Å². The van der Waals surface area contributed by atoms with Crippen molar-refractivity contribution in [1.82, 2.24) is 9.80 Å². The first-order valence-electron chi connectivity index (χ1n) is 15.4. The molecule has 0 saturated carbocycles. The minimum atomic E-state index is -1.41. The molecule has 7 rings (SSSR count). The van der Waals surface area contributed by atoms with Gasteiger partial charge in [0.15, 0.2) is 9.74 Å². The highest BCUT2D eigenvalue weighted by molar-refractivity contribution is 8.01. The number of carbonyl (C=O) groups is 5. The molecule has 10 nitrogen and oxygen atoms in total. The van der Waals surface area contributed by atoms with E-state index in [1.54, 1.807) is 47.8 Å². The Morgan fingerprint density at radius 3 is 2.04 bits per heavy atom. The monoisotopic (exact) mass is 684 g/mol. The molecule has 4 aliphatic heterocycles. The summed E-state index contributed by atoms with van der Waals surface area (Å²) in [6, 6.07) is 15.8. The van der Waals surface area contributed by atoms with Crippen molar-refractivity contribution in [3.63, 3.8) is 0 Å². The first-order valence-corrected chi connectivity index (χ1v) is 17.9. The number of hydrogen-bond acceptors (Lipinski definition) is 10. The zero-order chi connectivity index (χ0) is 33.6. The van der Waals surface area contributed by atoms with Gasteiger partial charge in [0.2, 0.25) is 0 Å². The second-order valence-corrected chi connectivity index (χ2v) is 14.2. The molecule has 2 amide bonds. The number of carbonyl (C=O) groups excluding carboxylic acids is 5. The predicted octanol–water partition coefficient (Wildman–Crippen LogP) is 4.19. The fraction of sp³-hybridized carbons (Fsp3) is 0.306. The normalized spacial score (nSPS) is 29.8. The lowest BCUT2D eigenvalue weighted by Crippen LogP contribution is -2.74. The van der Waals surface area contributed by atoms with Crippen LogP contribution in [0.4, 0.5) is 0 Å². The van der Waals surface area contributed by atoms with E-state index in [9.17, 15) is 14.4 Å². The van der Waals surface area contributed by atoms with Crippen molar-refractivity contribution >= 4 is 53.1 Å². The summed E-state index contributed by atoms with van der Waals surface area (Å²) < 4.78 is 17.4. The van der Waals surface area contributed by atoms with Crippen LogP contribution in [0, 0.1) is 0 Å². The average molecular weight is 685 g/mol. The summed E-state index contributed by atoms with van der Waals surface area (Å²) in [6.07, 6.45) is 11.8. The van der Waals surface area contributed by atoms with Crippen LogP contribution in [-0.4, -0.2) is 85.9 Å². The number of esters is 2. The Balaban J connectivity index is 1.22. The number of benzene rings is 2. The van der Waals surface area contributed by atoms with Gasteiger partial charge in [0.1, 0.15) is 12.2 Å². The lowest BCUT2D eigenvalue weighted by atomic mass is 9.96. The molecule has 0 radical (unpaired) electrons. The maximum Gasteiger partial charge on any atom is 0.380 e. The number of ether oxygens (including phenoxy) is 3. The van der Waals surface area contributed by atoms with Gasteiger partial charge in [0, 0.05) is 18.4 Å². The van der Waals surface area contributed by atoms with Gasteiger partial charge in [-0.15, -0.1) is 23.5 Å². The van der Waals surface area contributed by atoms with Gasteiger partial charge >= 0.3 is 11.9 Å². The van der Waals surface area contributed by atoms with E-state index >= 15 is 9.59 Å². The van der Waals surface area contributed by atoms with Gasteiger partial charge in [-0.1, -0.05) is 72.8 Å². The summed E-state index contributed by atoms with van der Waals surface area (Å²) in [4.78, 5) is 69.8. The molecule has 0 spiro atoms. The van der Waals surface area contributed by atoms with Crippen molar-refractivity contribution in [3.05, 3.63) is 120 Å². The Morgan fingerprint density at radius 1 is 0.812 bits per heavy atom. The molecule has 2 aromatic carbocycles. The fourth-order valence-corrected chi connectivity index (χ4v) is 9.28. The highest BCUT2D eigenvalue weighted by Gasteiger charge is 2.73. The number of Topliss-reactive ketones (excluding diaryl/α,β-unsaturated/α-hetero) is 1. The van der Waals surface area contributed by atoms with Gasteiger partial charge < -0.3 is 24.0 Å². The van der Waals surface area contributed by atoms with E-state index in [0.29, 0.717) is 5.57 Å². The maximum atomic E-state index is 15.1. The maximum absolute atomic E-state index is 15.1. The molecular weight excluding hydrogens is 653 g/mol. The number of hydrogen-bond donors (Lipinski definition) is 0. The lowest BCUT2D eigenvalue weighted by Gasteiger charge is -2.54. The van der Waals surface area contributed by atoms with Crippen molar-refractivity contribution in [2.45, 2.75) is 53.3 Å². The van der Waals surface area contributed by atoms with Crippen LogP contribution >= 0.6 is 23.5 Å². The van der Waals surface area contributed by atoms with E-state index in [1.807, 2.05) is 36.4 Å². The van der Waals surface area contributed by atoms with Gasteiger partial charge in [-0.2, -0.15) is 0 Å². The largest absolute Gasteiger partial charge is 0.473 e. The minimum absolute atomic E-state index is 0.0657. The molecule has 3 saturated heterocycles. The quantitative estimate of drug-likeness (QED) is 0.228. The van der Waals surface area contributed by atoms with E-state index in [0.717, 1.165) is 11.1 Å². The van der Waals surface area contributed by atoms with Crippen LogP contribution in [0.2, 0.25) is 0 Å². The first kappa shape index (κ1) is 32.0. The third-order valence-corrected chi connectivity index (χ3v) is 11.9. The predicted molar refractivity (Wildman–Crippen MR) is 179 cm³/mol. The molecule has 48 heavy (non-hydrogen) atoms. The molecule has 0 unspecified atom stereocenters. The molecule has 246 valence electrons. The third kappa shape index (κ3) is 5.00. The molecule has 0 N–H and O–H groups in total. The first-order chi connectivity index (χ1) is 23.2. The topological polar surface area (TPSA) is 120 Å². The Bertz CT molecular complexity index is 1810. The minimum Gasteiger partial charge on any atom is -0.473 e. The number of piperazine rings is 1. The van der Waals surface area contributed by atoms with E-state index < -0.39 is 51.8 Å². The smallest absolute Gasteiger partial charge is 0.380 e. The van der Waals surface area contributed by atoms with Gasteiger partial charge in [-0.25, -0.2) is 4.79 Å². The number of ketones is 1. The lowest BCUT2D eigenvalue weighted by molar-refractivity contribution is -0.171. The number of rotatable bonds is 8. The summed E-state index contributed by atoms with van der Waals surface area (Å²) in [6.45, 7) is 0. The summed E-state index contributed by atoms with van der Waals surface area (Å²) >= 11 is 2.47. The van der Waals surface area contributed by atoms with Gasteiger partial charge in [-0.05, 0) is 41.4 Å². The standard InChI is InChI=1S/C36H32N2O8S2/c1-47-35-19-24-14-9-15-26(45-28(39)18-22-10-5-3-6-11-22)29(24)37(35)34(43)36(48-2)20-25-21-44-17-16-27(30(25)38(36)33(35)42)46-32(41)31(40)23-12-7-4-8-13-23/h3-17,21,26-27,29-30H,18-20H2,1-2H3/t26-,27-,29-,30-,35+,36+/m0/s1. The van der Waals surface area contributed by atoms with E-state index in [1.165, 1.54) is 59.2 Å². The molecule has 12 heteroatoms. The molecule has 3 fully saturated rings. The SMILES string of the molecule is CS[C@@]12CC3=CC=C[C@H](OC(=O)Cc4ccccc4)[C@H]3N1C(=O)[C@]1(SC)CC3=COC=C[C@H](OC(=O)C(=O)c4ccccc4)[C@H]3N1C2=O. The van der Waals surface area contributed by atoms with Gasteiger partial charge in [0.05, 0.1) is 31.0 Å². The zero-order valence-electron chi connectivity index (χ0n) is 26.1. The van der Waals surface area contributed by atoms with Crippen LogP contribution < -0.4 is 0 Å². The molecule has 0 bridgehead atoms. The van der Waals surface area contributed by atoms with Crippen molar-refractivity contribution in [2.75, 3.05) is 12.5 Å². The second-order valence-electron chi connectivity index (χ2n) is 12.0. The van der Waals surface area contributed by atoms with Crippen LogP contribution in [0.3, 0.4) is 0 Å². The Labute approximate surface area is 285 Å². The molecule has 6 atom stereocenters. The summed E-state index contributed by atoms with van der Waals surface area (Å²) in [7, 11) is 0. The third-order valence-electron chi connectivity index (χ3n) is 9.49. The summed E-state index contributed by atoms with van der Waals surface area (Å²) in [5.74, 6) is -3.01. The Morgan fingerprint density at radius 2 is 1.40 bits per heavy atom. The average Bonchev–Trinajstić information content (AvgIpc) is 3.57. The number of fused-ring (bicyclic) bond motifs is 6. The molecule has 2 aromatic rings. The van der Waals surface area contributed by atoms with Crippen LogP contribution in [-0.2, 0) is 39.8 Å². The van der Waals surface area contributed by atoms with E-state index in [4.69, 9.17) is 14.2 Å². The molecular formula is C36H32N2O8S2. The number of amides is 2. The van der Waals surface area contributed by atoms with Crippen molar-refractivity contribution < 1.29 is 38.2 Å². The van der Waals surface area contributed by atoms with Crippen LogP contribution in [0.15, 0.2) is 109 Å². The highest BCUT2D eigenvalue weighted by atomic mass is 32.2. The summed E-state index contributed by atoms with van der Waals surface area (Å²) in [5.41, 5.74) is 2.36. The van der Waals surface area contributed by atoms with Crippen LogP contribution in [0.1, 0.15) is 28.8 Å². The second kappa shape index (κ2) is 12.5. The van der Waals surface area contributed by atoms with Gasteiger partial charge in [-0.3, -0.25) is 19.2 Å². The van der Waals surface area contributed by atoms with Crippen molar-refractivity contribution in [2.24, 2.45) is 0 Å². The van der Waals surface area contributed by atoms with E-state index in [2.05, 4.69) is 0 Å². The number of thioether (sulfide) groups is 2. The van der Waals surface area contributed by atoms with E-state index in [-0.39, 0.29) is 36.6 Å². The van der Waals surface area contributed by atoms with Crippen LogP contribution in [0.5, 0.6) is 0 Å². The number of nitrogens with zero attached hydrogens (tertiary/aromatic N) is 2.